The van der Waals surface area contributed by atoms with Gasteiger partial charge in [0.15, 0.2) is 6.23 Å². The smallest absolute Gasteiger partial charge is 0.387 e. The van der Waals surface area contributed by atoms with E-state index in [4.69, 9.17) is 29.3 Å². The van der Waals surface area contributed by atoms with Gasteiger partial charge in [-0.05, 0) is 30.7 Å². The molecule has 2 aromatic heterocycles. The Bertz CT molecular complexity index is 1320. The van der Waals surface area contributed by atoms with Crippen molar-refractivity contribution in [3.05, 3.63) is 54.0 Å². The summed E-state index contributed by atoms with van der Waals surface area (Å²) in [5.74, 6) is 0.272. The van der Waals surface area contributed by atoms with Gasteiger partial charge in [0, 0.05) is 12.6 Å². The predicted octanol–water partition coefficient (Wildman–Crippen LogP) is 2.20. The molecule has 2 fully saturated rings. The van der Waals surface area contributed by atoms with Crippen molar-refractivity contribution >= 4 is 24.7 Å². The number of anilines is 1. The molecule has 5 rings (SSSR count). The fraction of sp³-hybridized carbons (Fsp3) is 0.409. The number of hydrogen-bond donors (Lipinski definition) is 3. The molecule has 0 aliphatic carbocycles. The van der Waals surface area contributed by atoms with Crippen LogP contribution in [0, 0.1) is 11.3 Å². The Hall–Kier alpha value is -2.88. The standard InChI is InChI=1S/C22H24N5O7P/c1-22(29)18(28)17(33-21(22)27-8-6-15-19(24)25-12-26-20(15)27)11-32-35(30)31-9-7-16(34-35)14-4-2-13(10-23)3-5-14/h2-6,8,12,16-18,21,28-29H,7,9,11H2,1H3,(H2,24,25,26)/t16-,17+,18+,21+,22+,35+/m0/s1. The van der Waals surface area contributed by atoms with Crippen molar-refractivity contribution in [1.29, 1.82) is 5.26 Å². The lowest BCUT2D eigenvalue weighted by Gasteiger charge is -2.30. The maximum Gasteiger partial charge on any atom is 0.475 e. The molecule has 0 spiro atoms. The highest BCUT2D eigenvalue weighted by atomic mass is 31.2. The molecule has 0 saturated carbocycles. The van der Waals surface area contributed by atoms with Gasteiger partial charge in [-0.25, -0.2) is 14.5 Å². The second-order valence-electron chi connectivity index (χ2n) is 8.61. The predicted molar refractivity (Wildman–Crippen MR) is 122 cm³/mol. The van der Waals surface area contributed by atoms with Crippen LogP contribution in [-0.4, -0.2) is 55.8 Å². The number of hydrogen-bond acceptors (Lipinski definition) is 11. The summed E-state index contributed by atoms with van der Waals surface area (Å²) in [6.45, 7) is 1.20. The van der Waals surface area contributed by atoms with E-state index >= 15 is 0 Å². The topological polar surface area (TPSA) is 175 Å². The van der Waals surface area contributed by atoms with Gasteiger partial charge in [0.2, 0.25) is 0 Å². The van der Waals surface area contributed by atoms with Gasteiger partial charge in [-0.15, -0.1) is 0 Å². The summed E-state index contributed by atoms with van der Waals surface area (Å²) >= 11 is 0. The molecule has 12 nitrogen and oxygen atoms in total. The van der Waals surface area contributed by atoms with Crippen LogP contribution >= 0.6 is 7.82 Å². The van der Waals surface area contributed by atoms with Gasteiger partial charge in [0.1, 0.15) is 35.6 Å². The van der Waals surface area contributed by atoms with Crippen LogP contribution in [0.5, 0.6) is 0 Å². The summed E-state index contributed by atoms with van der Waals surface area (Å²) in [6, 6.07) is 10.5. The number of rotatable bonds is 5. The summed E-state index contributed by atoms with van der Waals surface area (Å²) in [4.78, 5) is 8.15. The van der Waals surface area contributed by atoms with E-state index in [0.717, 1.165) is 5.56 Å². The average molecular weight is 501 g/mol. The fourth-order valence-electron chi connectivity index (χ4n) is 4.30. The number of phosphoric ester groups is 1. The van der Waals surface area contributed by atoms with Crippen LogP contribution in [-0.2, 0) is 22.9 Å². The van der Waals surface area contributed by atoms with Crippen LogP contribution in [0.3, 0.4) is 0 Å². The second kappa shape index (κ2) is 8.96. The minimum atomic E-state index is -3.98. The van der Waals surface area contributed by atoms with E-state index in [1.807, 2.05) is 6.07 Å². The zero-order valence-electron chi connectivity index (χ0n) is 18.7. The first-order valence-electron chi connectivity index (χ1n) is 10.9. The molecular formula is C22H24N5O7P. The molecule has 6 atom stereocenters. The third kappa shape index (κ3) is 4.32. The molecule has 2 aliphatic heterocycles. The van der Waals surface area contributed by atoms with E-state index in [2.05, 4.69) is 9.97 Å². The Labute approximate surface area is 200 Å². The summed E-state index contributed by atoms with van der Waals surface area (Å²) in [5.41, 5.74) is 5.82. The van der Waals surface area contributed by atoms with E-state index in [-0.39, 0.29) is 19.0 Å². The van der Waals surface area contributed by atoms with Gasteiger partial charge in [-0.3, -0.25) is 13.6 Å². The summed E-state index contributed by atoms with van der Waals surface area (Å²) in [6.07, 6.45) is -0.632. The maximum absolute atomic E-state index is 13.1. The third-order valence-corrected chi connectivity index (χ3v) is 7.72. The molecule has 4 heterocycles. The van der Waals surface area contributed by atoms with Gasteiger partial charge >= 0.3 is 7.82 Å². The highest BCUT2D eigenvalue weighted by Crippen LogP contribution is 2.57. The lowest BCUT2D eigenvalue weighted by Crippen LogP contribution is -2.44. The number of phosphoric acid groups is 1. The van der Waals surface area contributed by atoms with Crippen molar-refractivity contribution in [2.45, 2.75) is 43.5 Å². The van der Waals surface area contributed by atoms with E-state index in [1.165, 1.54) is 13.3 Å². The molecule has 2 aliphatic rings. The summed E-state index contributed by atoms with van der Waals surface area (Å²) < 4.78 is 37.0. The van der Waals surface area contributed by atoms with E-state index in [1.54, 1.807) is 41.1 Å². The number of aliphatic hydroxyl groups is 2. The number of nitriles is 1. The number of aromatic nitrogens is 3. The van der Waals surface area contributed by atoms with Crippen molar-refractivity contribution in [2.24, 2.45) is 0 Å². The molecule has 0 radical (unpaired) electrons. The Morgan fingerprint density at radius 3 is 2.86 bits per heavy atom. The van der Waals surface area contributed by atoms with Crippen LogP contribution in [0.1, 0.15) is 36.8 Å². The Morgan fingerprint density at radius 2 is 2.11 bits per heavy atom. The van der Waals surface area contributed by atoms with Crippen LogP contribution in [0.2, 0.25) is 0 Å². The minimum absolute atomic E-state index is 0.132. The average Bonchev–Trinajstić information content (AvgIpc) is 3.37. The van der Waals surface area contributed by atoms with Gasteiger partial charge in [0.05, 0.1) is 36.3 Å². The lowest BCUT2D eigenvalue weighted by atomic mass is 9.96. The zero-order valence-corrected chi connectivity index (χ0v) is 19.6. The molecule has 2 saturated heterocycles. The van der Waals surface area contributed by atoms with Crippen LogP contribution in [0.4, 0.5) is 5.82 Å². The highest BCUT2D eigenvalue weighted by molar-refractivity contribution is 7.48. The SMILES string of the molecule is C[C@@]1(O)[C@H](O)[C@@H](CO[P@@]2(=O)OCC[C@@H](c3ccc(C#N)cc3)O2)O[C@H]1n1ccc2c(N)ncnc21. The minimum Gasteiger partial charge on any atom is -0.387 e. The Kier molecular flexibility index (Phi) is 6.11. The molecule has 1 aromatic carbocycles. The molecule has 0 amide bonds. The van der Waals surface area contributed by atoms with Crippen molar-refractivity contribution in [2.75, 3.05) is 18.9 Å². The number of nitrogen functional groups attached to an aromatic ring is 1. The second-order valence-corrected chi connectivity index (χ2v) is 10.2. The number of aliphatic hydroxyl groups excluding tert-OH is 1. The molecule has 184 valence electrons. The number of ether oxygens (including phenoxy) is 1. The Balaban J connectivity index is 1.29. The number of benzene rings is 1. The molecule has 4 N–H and O–H groups in total. The van der Waals surface area contributed by atoms with Gasteiger partial charge in [0.25, 0.3) is 0 Å². The molecule has 35 heavy (non-hydrogen) atoms. The van der Waals surface area contributed by atoms with Crippen LogP contribution < -0.4 is 5.73 Å². The van der Waals surface area contributed by atoms with Crippen molar-refractivity contribution in [1.82, 2.24) is 14.5 Å². The fourth-order valence-corrected chi connectivity index (χ4v) is 5.69. The Morgan fingerprint density at radius 1 is 1.34 bits per heavy atom. The largest absolute Gasteiger partial charge is 0.475 e. The first-order valence-corrected chi connectivity index (χ1v) is 12.4. The summed E-state index contributed by atoms with van der Waals surface area (Å²) in [5, 5.41) is 31.4. The quantitative estimate of drug-likeness (QED) is 0.437. The third-order valence-electron chi connectivity index (χ3n) is 6.24. The summed E-state index contributed by atoms with van der Waals surface area (Å²) in [7, 11) is -3.98. The zero-order chi connectivity index (χ0) is 24.8. The van der Waals surface area contributed by atoms with Crippen LogP contribution in [0.25, 0.3) is 11.0 Å². The lowest BCUT2D eigenvalue weighted by molar-refractivity contribution is -0.0950. The van der Waals surface area contributed by atoms with Crippen molar-refractivity contribution in [3.8, 4) is 6.07 Å². The van der Waals surface area contributed by atoms with Gasteiger partial charge in [-0.2, -0.15) is 5.26 Å². The van der Waals surface area contributed by atoms with E-state index in [0.29, 0.717) is 23.0 Å². The molecular weight excluding hydrogens is 477 g/mol. The van der Waals surface area contributed by atoms with Crippen molar-refractivity contribution in [3.63, 3.8) is 0 Å². The molecule has 3 aromatic rings. The van der Waals surface area contributed by atoms with Gasteiger partial charge < -0.3 is 25.3 Å². The number of fused-ring (bicyclic) bond motifs is 1. The van der Waals surface area contributed by atoms with Crippen molar-refractivity contribution < 1.29 is 33.1 Å². The normalized spacial score (nSPS) is 33.1. The van der Waals surface area contributed by atoms with E-state index < -0.39 is 38.0 Å². The first-order chi connectivity index (χ1) is 16.7. The first kappa shape index (κ1) is 23.8. The monoisotopic (exact) mass is 501 g/mol. The van der Waals surface area contributed by atoms with Crippen LogP contribution in [0.15, 0.2) is 42.9 Å². The van der Waals surface area contributed by atoms with E-state index in [9.17, 15) is 14.8 Å². The number of nitrogens with two attached hydrogens (primary N) is 1. The molecule has 13 heteroatoms. The number of nitrogens with zero attached hydrogens (tertiary/aromatic N) is 4. The van der Waals surface area contributed by atoms with Gasteiger partial charge in [-0.1, -0.05) is 12.1 Å². The molecule has 0 bridgehead atoms. The maximum atomic E-state index is 13.1. The highest BCUT2D eigenvalue weighted by Gasteiger charge is 2.54. The molecule has 0 unspecified atom stereocenters.